The van der Waals surface area contributed by atoms with E-state index in [9.17, 15) is 5.11 Å². The molecular formula is C11H12N2O2. The van der Waals surface area contributed by atoms with Gasteiger partial charge in [0.2, 0.25) is 0 Å². The van der Waals surface area contributed by atoms with E-state index in [1.54, 1.807) is 6.20 Å². The minimum absolute atomic E-state index is 0.303. The van der Waals surface area contributed by atoms with E-state index in [4.69, 9.17) is 5.11 Å². The van der Waals surface area contributed by atoms with Crippen molar-refractivity contribution < 1.29 is 10.2 Å². The highest BCUT2D eigenvalue weighted by Gasteiger charge is 2.11. The van der Waals surface area contributed by atoms with E-state index >= 15 is 0 Å². The van der Waals surface area contributed by atoms with Gasteiger partial charge < -0.3 is 10.2 Å². The monoisotopic (exact) mass is 204 g/mol. The maximum atomic E-state index is 9.64. The smallest absolute Gasteiger partial charge is 0.116 e. The molecule has 0 bridgehead atoms. The molecule has 0 saturated heterocycles. The van der Waals surface area contributed by atoms with E-state index in [0.29, 0.717) is 11.1 Å². The molecule has 0 aliphatic rings. The minimum atomic E-state index is -0.887. The quantitative estimate of drug-likeness (QED) is 0.764. The van der Waals surface area contributed by atoms with Crippen LogP contribution in [0.3, 0.4) is 0 Å². The average Bonchev–Trinajstić information content (AvgIpc) is 2.26. The lowest BCUT2D eigenvalue weighted by Crippen LogP contribution is -2.04. The van der Waals surface area contributed by atoms with Gasteiger partial charge in [-0.3, -0.25) is 0 Å². The first-order chi connectivity index (χ1) is 7.22. The van der Waals surface area contributed by atoms with Crippen LogP contribution in [0, 0.1) is 6.92 Å². The Morgan fingerprint density at radius 1 is 1.40 bits per heavy atom. The lowest BCUT2D eigenvalue weighted by molar-refractivity contribution is 0.0965. The fourth-order valence-electron chi connectivity index (χ4n) is 1.64. The first-order valence-corrected chi connectivity index (χ1v) is 4.71. The van der Waals surface area contributed by atoms with Gasteiger partial charge in [-0.2, -0.15) is 0 Å². The topological polar surface area (TPSA) is 66.2 Å². The van der Waals surface area contributed by atoms with E-state index in [1.165, 1.54) is 6.33 Å². The van der Waals surface area contributed by atoms with Gasteiger partial charge in [-0.15, -0.1) is 0 Å². The Hall–Kier alpha value is -1.52. The molecule has 1 atom stereocenters. The van der Waals surface area contributed by atoms with Gasteiger partial charge in [0.25, 0.3) is 0 Å². The molecular weight excluding hydrogens is 192 g/mol. The molecule has 2 rings (SSSR count). The summed E-state index contributed by atoms with van der Waals surface area (Å²) in [6, 6.07) is 3.78. The number of aliphatic hydroxyl groups is 2. The number of hydrogen-bond donors (Lipinski definition) is 2. The lowest BCUT2D eigenvalue weighted by atomic mass is 10.0. The van der Waals surface area contributed by atoms with Gasteiger partial charge in [-0.1, -0.05) is 6.07 Å². The zero-order valence-corrected chi connectivity index (χ0v) is 8.38. The number of aryl methyl sites for hydroxylation is 1. The molecule has 0 aliphatic heterocycles. The summed E-state index contributed by atoms with van der Waals surface area (Å²) in [4.78, 5) is 8.03. The number of hydrogen-bond acceptors (Lipinski definition) is 4. The summed E-state index contributed by atoms with van der Waals surface area (Å²) in [7, 11) is 0. The van der Waals surface area contributed by atoms with E-state index in [2.05, 4.69) is 9.97 Å². The molecule has 0 radical (unpaired) electrons. The van der Waals surface area contributed by atoms with Crippen LogP contribution in [0.15, 0.2) is 24.7 Å². The molecule has 1 unspecified atom stereocenters. The molecule has 78 valence electrons. The third-order valence-electron chi connectivity index (χ3n) is 2.31. The van der Waals surface area contributed by atoms with Crippen LogP contribution in [-0.2, 0) is 0 Å². The maximum absolute atomic E-state index is 9.64. The molecule has 0 saturated carbocycles. The van der Waals surface area contributed by atoms with Gasteiger partial charge in [0.05, 0.1) is 12.1 Å². The van der Waals surface area contributed by atoms with Crippen LogP contribution in [0.1, 0.15) is 17.2 Å². The van der Waals surface area contributed by atoms with Crippen molar-refractivity contribution in [3.8, 4) is 0 Å². The second-order valence-electron chi connectivity index (χ2n) is 3.51. The van der Waals surface area contributed by atoms with Crippen molar-refractivity contribution in [2.24, 2.45) is 0 Å². The number of rotatable bonds is 2. The van der Waals surface area contributed by atoms with Crippen molar-refractivity contribution in [1.82, 2.24) is 9.97 Å². The number of aliphatic hydroxyl groups excluding tert-OH is 2. The third kappa shape index (κ3) is 1.82. The van der Waals surface area contributed by atoms with Crippen LogP contribution in [0.25, 0.3) is 10.9 Å². The highest BCUT2D eigenvalue weighted by molar-refractivity contribution is 5.82. The highest BCUT2D eigenvalue weighted by atomic mass is 16.3. The van der Waals surface area contributed by atoms with Gasteiger partial charge in [0, 0.05) is 17.1 Å². The van der Waals surface area contributed by atoms with Crippen molar-refractivity contribution in [2.45, 2.75) is 13.0 Å². The van der Waals surface area contributed by atoms with Crippen molar-refractivity contribution in [3.63, 3.8) is 0 Å². The summed E-state index contributed by atoms with van der Waals surface area (Å²) >= 11 is 0. The molecule has 1 aromatic carbocycles. The largest absolute Gasteiger partial charge is 0.393 e. The fraction of sp³-hybridized carbons (Fsp3) is 0.273. The van der Waals surface area contributed by atoms with Gasteiger partial charge in [0.1, 0.15) is 12.4 Å². The molecule has 0 fully saturated rings. The minimum Gasteiger partial charge on any atom is -0.393 e. The van der Waals surface area contributed by atoms with Gasteiger partial charge in [-0.25, -0.2) is 9.97 Å². The molecule has 2 aromatic rings. The molecule has 0 aliphatic carbocycles. The summed E-state index contributed by atoms with van der Waals surface area (Å²) < 4.78 is 0. The summed E-state index contributed by atoms with van der Waals surface area (Å²) in [6.07, 6.45) is 2.25. The number of benzene rings is 1. The normalized spacial score (nSPS) is 13.0. The van der Waals surface area contributed by atoms with E-state index in [-0.39, 0.29) is 6.61 Å². The number of nitrogens with zero attached hydrogens (tertiary/aromatic N) is 2. The maximum Gasteiger partial charge on any atom is 0.116 e. The van der Waals surface area contributed by atoms with Crippen LogP contribution in [-0.4, -0.2) is 26.8 Å². The molecule has 4 heteroatoms. The molecule has 0 spiro atoms. The number of fused-ring (bicyclic) bond motifs is 1. The third-order valence-corrected chi connectivity index (χ3v) is 2.31. The second kappa shape index (κ2) is 3.92. The second-order valence-corrected chi connectivity index (χ2v) is 3.51. The Kier molecular flexibility index (Phi) is 2.62. The van der Waals surface area contributed by atoms with Gasteiger partial charge in [0.15, 0.2) is 0 Å². The first kappa shape index (κ1) is 10.0. The van der Waals surface area contributed by atoms with E-state index < -0.39 is 6.10 Å². The average molecular weight is 204 g/mol. The van der Waals surface area contributed by atoms with Crippen LogP contribution in [0.5, 0.6) is 0 Å². The predicted molar refractivity (Wildman–Crippen MR) is 56.3 cm³/mol. The van der Waals surface area contributed by atoms with Crippen LogP contribution < -0.4 is 0 Å². The Bertz CT molecular complexity index is 485. The van der Waals surface area contributed by atoms with Crippen LogP contribution in [0.4, 0.5) is 0 Å². The van der Waals surface area contributed by atoms with Crippen molar-refractivity contribution in [3.05, 3.63) is 35.8 Å². The molecule has 1 aromatic heterocycles. The van der Waals surface area contributed by atoms with E-state index in [1.807, 2.05) is 19.1 Å². The summed E-state index contributed by atoms with van der Waals surface area (Å²) in [5, 5.41) is 19.5. The Balaban J connectivity index is 2.71. The van der Waals surface area contributed by atoms with Crippen LogP contribution >= 0.6 is 0 Å². The summed E-state index contributed by atoms with van der Waals surface area (Å²) in [5.74, 6) is 0. The summed E-state index contributed by atoms with van der Waals surface area (Å²) in [6.45, 7) is 1.63. The SMILES string of the molecule is Cc1cc(C(O)CO)c2ncncc2c1. The van der Waals surface area contributed by atoms with Crippen molar-refractivity contribution in [2.75, 3.05) is 6.61 Å². The fourth-order valence-corrected chi connectivity index (χ4v) is 1.64. The zero-order chi connectivity index (χ0) is 10.8. The molecule has 4 nitrogen and oxygen atoms in total. The summed E-state index contributed by atoms with van der Waals surface area (Å²) in [5.41, 5.74) is 2.35. The highest BCUT2D eigenvalue weighted by Crippen LogP contribution is 2.23. The lowest BCUT2D eigenvalue weighted by Gasteiger charge is -2.11. The van der Waals surface area contributed by atoms with Crippen molar-refractivity contribution >= 4 is 10.9 Å². The Labute approximate surface area is 87.2 Å². The first-order valence-electron chi connectivity index (χ1n) is 4.71. The number of aromatic nitrogens is 2. The van der Waals surface area contributed by atoms with Gasteiger partial charge >= 0.3 is 0 Å². The molecule has 0 amide bonds. The predicted octanol–water partition coefficient (Wildman–Crippen LogP) is 0.964. The van der Waals surface area contributed by atoms with Crippen LogP contribution in [0.2, 0.25) is 0 Å². The molecule has 1 heterocycles. The molecule has 2 N–H and O–H groups in total. The molecule has 15 heavy (non-hydrogen) atoms. The standard InChI is InChI=1S/C11H12N2O2/c1-7-2-8-4-12-6-13-11(8)9(3-7)10(15)5-14/h2-4,6,10,14-15H,5H2,1H3. The zero-order valence-electron chi connectivity index (χ0n) is 8.38. The van der Waals surface area contributed by atoms with Gasteiger partial charge in [-0.05, 0) is 18.6 Å². The van der Waals surface area contributed by atoms with Crippen molar-refractivity contribution in [1.29, 1.82) is 0 Å². The Morgan fingerprint density at radius 2 is 2.20 bits per heavy atom. The van der Waals surface area contributed by atoms with E-state index in [0.717, 1.165) is 10.9 Å². The Morgan fingerprint density at radius 3 is 2.93 bits per heavy atom.